The first-order valence-corrected chi connectivity index (χ1v) is 11.9. The molecule has 7 heteroatoms. The fourth-order valence-corrected chi connectivity index (χ4v) is 5.28. The van der Waals surface area contributed by atoms with E-state index in [0.29, 0.717) is 28.4 Å². The number of nitrogens with two attached hydrogens (primary N) is 1. The molecule has 1 heterocycles. The summed E-state index contributed by atoms with van der Waals surface area (Å²) in [6.07, 6.45) is 5.27. The first-order chi connectivity index (χ1) is 13.4. The maximum Gasteiger partial charge on any atom is 0.186 e. The number of piperidine rings is 1. The number of rotatable bonds is 6. The summed E-state index contributed by atoms with van der Waals surface area (Å²) in [5, 5.41) is 4.12. The molecule has 1 saturated carbocycles. The van der Waals surface area contributed by atoms with E-state index in [9.17, 15) is 8.76 Å². The molecule has 1 aliphatic carbocycles. The summed E-state index contributed by atoms with van der Waals surface area (Å²) in [7, 11) is 0. The van der Waals surface area contributed by atoms with Crippen LogP contribution in [0.25, 0.3) is 0 Å². The molecule has 0 aromatic heterocycles. The molecule has 5 nitrogen and oxygen atoms in total. The third-order valence-corrected chi connectivity index (χ3v) is 7.47. The van der Waals surface area contributed by atoms with Crippen LogP contribution in [0.3, 0.4) is 0 Å². The van der Waals surface area contributed by atoms with Gasteiger partial charge in [-0.1, -0.05) is 25.4 Å². The van der Waals surface area contributed by atoms with E-state index in [4.69, 9.17) is 22.1 Å². The van der Waals surface area contributed by atoms with E-state index in [1.54, 1.807) is 18.2 Å². The Kier molecular flexibility index (Phi) is 7.93. The fraction of sp³-hybridized carbons (Fsp3) is 0.714. The smallest absolute Gasteiger partial charge is 0.186 e. The van der Waals surface area contributed by atoms with E-state index < -0.39 is 11.1 Å². The third-order valence-electron chi connectivity index (χ3n) is 6.47. The lowest BCUT2D eigenvalue weighted by Crippen LogP contribution is -2.52. The van der Waals surface area contributed by atoms with E-state index in [1.165, 1.54) is 0 Å². The summed E-state index contributed by atoms with van der Waals surface area (Å²) in [6, 6.07) is 5.44. The summed E-state index contributed by atoms with van der Waals surface area (Å²) in [6.45, 7) is 6.10. The third kappa shape index (κ3) is 5.35. The number of nitrogens with one attached hydrogen (secondary N) is 1. The van der Waals surface area contributed by atoms with Crippen molar-refractivity contribution in [3.05, 3.63) is 28.8 Å². The molecular formula is C21H33ClN2O3S. The molecule has 1 aromatic rings. The van der Waals surface area contributed by atoms with Crippen LogP contribution in [0.5, 0.6) is 0 Å². The molecule has 1 aliphatic heterocycles. The lowest BCUT2D eigenvalue weighted by Gasteiger charge is -2.40. The first kappa shape index (κ1) is 22.2. The lowest BCUT2D eigenvalue weighted by atomic mass is 9.72. The molecule has 0 amide bonds. The quantitative estimate of drug-likeness (QED) is 0.598. The van der Waals surface area contributed by atoms with Crippen molar-refractivity contribution in [2.45, 2.75) is 75.0 Å². The van der Waals surface area contributed by atoms with Gasteiger partial charge in [0.15, 0.2) is 11.1 Å². The summed E-state index contributed by atoms with van der Waals surface area (Å²) in [5.74, 6) is 1.31. The Hall–Kier alpha value is -0.500. The van der Waals surface area contributed by atoms with Crippen LogP contribution in [-0.2, 0) is 15.8 Å². The second kappa shape index (κ2) is 10.0. The number of hydrogen-bond donors (Lipinski definition) is 3. The lowest BCUT2D eigenvalue weighted by molar-refractivity contribution is -0.0176. The van der Waals surface area contributed by atoms with Crippen molar-refractivity contribution < 1.29 is 13.5 Å². The number of hydrogen-bond acceptors (Lipinski definition) is 4. The van der Waals surface area contributed by atoms with Gasteiger partial charge in [-0.3, -0.25) is 0 Å². The van der Waals surface area contributed by atoms with Gasteiger partial charge >= 0.3 is 0 Å². The number of ether oxygens (including phenoxy) is 1. The zero-order valence-electron chi connectivity index (χ0n) is 16.8. The zero-order valence-corrected chi connectivity index (χ0v) is 18.3. The molecule has 3 rings (SSSR count). The maximum absolute atomic E-state index is 11.6. The van der Waals surface area contributed by atoms with Gasteiger partial charge < -0.3 is 20.3 Å². The summed E-state index contributed by atoms with van der Waals surface area (Å²) < 4.78 is 27.5. The Bertz CT molecular complexity index is 688. The molecule has 1 saturated heterocycles. The predicted molar refractivity (Wildman–Crippen MR) is 114 cm³/mol. The van der Waals surface area contributed by atoms with Crippen molar-refractivity contribution >= 4 is 22.7 Å². The monoisotopic (exact) mass is 428 g/mol. The van der Waals surface area contributed by atoms with E-state index in [-0.39, 0.29) is 24.1 Å². The Morgan fingerprint density at radius 1 is 1.36 bits per heavy atom. The molecule has 1 aromatic carbocycles. The van der Waals surface area contributed by atoms with Gasteiger partial charge in [0.05, 0.1) is 17.6 Å². The molecular weight excluding hydrogens is 396 g/mol. The molecule has 0 spiro atoms. The Labute approximate surface area is 176 Å². The van der Waals surface area contributed by atoms with E-state index in [0.717, 1.165) is 44.2 Å². The highest BCUT2D eigenvalue weighted by Crippen LogP contribution is 2.43. The van der Waals surface area contributed by atoms with Crippen LogP contribution in [0.2, 0.25) is 5.02 Å². The molecule has 0 bridgehead atoms. The summed E-state index contributed by atoms with van der Waals surface area (Å²) in [4.78, 5) is 0.390. The number of halogens is 1. The summed E-state index contributed by atoms with van der Waals surface area (Å²) >= 11 is 4.51. The standard InChI is InChI=1S/C21H33ClN2O3S/c1-13(2)14-5-8-21(27-12-20-19(23)4-3-9-24-20)17(10-14)16-11-15(28(25)26)6-7-18(16)22/h6-7,11,13-14,17,19-21,24H,3-5,8-10,12,23H2,1-2H3,(H,25,26)/t14-,17?,19-,20-,21+/m0/s1. The molecule has 2 unspecified atom stereocenters. The molecule has 28 heavy (non-hydrogen) atoms. The zero-order chi connectivity index (χ0) is 20.3. The van der Waals surface area contributed by atoms with Crippen molar-refractivity contribution in [1.82, 2.24) is 5.32 Å². The van der Waals surface area contributed by atoms with Crippen LogP contribution in [-0.4, -0.2) is 40.1 Å². The van der Waals surface area contributed by atoms with Crippen molar-refractivity contribution in [3.63, 3.8) is 0 Å². The molecule has 2 aliphatic rings. The Morgan fingerprint density at radius 2 is 2.14 bits per heavy atom. The second-order valence-electron chi connectivity index (χ2n) is 8.59. The minimum atomic E-state index is -2.02. The highest BCUT2D eigenvalue weighted by molar-refractivity contribution is 7.79. The van der Waals surface area contributed by atoms with Crippen molar-refractivity contribution in [2.24, 2.45) is 17.6 Å². The van der Waals surface area contributed by atoms with Crippen LogP contribution in [0.1, 0.15) is 57.4 Å². The van der Waals surface area contributed by atoms with Gasteiger partial charge in [-0.25, -0.2) is 4.21 Å². The average molecular weight is 429 g/mol. The first-order valence-electron chi connectivity index (χ1n) is 10.4. The SMILES string of the molecule is CC(C)[C@H]1CC[C@@H](OC[C@@H]2NCCC[C@@H]2N)C(c2cc(S(=O)O)ccc2Cl)C1. The van der Waals surface area contributed by atoms with Crippen molar-refractivity contribution in [2.75, 3.05) is 13.2 Å². The second-order valence-corrected chi connectivity index (χ2v) is 9.97. The van der Waals surface area contributed by atoms with Gasteiger partial charge in [0.25, 0.3) is 0 Å². The van der Waals surface area contributed by atoms with Crippen LogP contribution in [0.4, 0.5) is 0 Å². The average Bonchev–Trinajstić information content (AvgIpc) is 2.67. The minimum Gasteiger partial charge on any atom is -0.376 e. The maximum atomic E-state index is 11.6. The Morgan fingerprint density at radius 3 is 2.82 bits per heavy atom. The van der Waals surface area contributed by atoms with Gasteiger partial charge in [0.1, 0.15) is 0 Å². The molecule has 6 atom stereocenters. The van der Waals surface area contributed by atoms with Crippen molar-refractivity contribution in [3.8, 4) is 0 Å². The van der Waals surface area contributed by atoms with E-state index in [1.807, 2.05) is 0 Å². The van der Waals surface area contributed by atoms with Crippen LogP contribution >= 0.6 is 11.6 Å². The molecule has 4 N–H and O–H groups in total. The van der Waals surface area contributed by atoms with Gasteiger partial charge in [-0.05, 0) is 74.2 Å². The van der Waals surface area contributed by atoms with Gasteiger partial charge in [-0.15, -0.1) is 0 Å². The van der Waals surface area contributed by atoms with Gasteiger partial charge in [-0.2, -0.15) is 0 Å². The highest BCUT2D eigenvalue weighted by Gasteiger charge is 2.35. The van der Waals surface area contributed by atoms with E-state index >= 15 is 0 Å². The molecule has 0 radical (unpaired) electrons. The van der Waals surface area contributed by atoms with Crippen LogP contribution in [0.15, 0.2) is 23.1 Å². The number of benzene rings is 1. The minimum absolute atomic E-state index is 0.0470. The fourth-order valence-electron chi connectivity index (χ4n) is 4.61. The Balaban J connectivity index is 1.80. The normalized spacial score (nSPS) is 32.4. The molecule has 158 valence electrons. The van der Waals surface area contributed by atoms with Gasteiger partial charge in [0, 0.05) is 23.0 Å². The van der Waals surface area contributed by atoms with Crippen LogP contribution < -0.4 is 11.1 Å². The summed E-state index contributed by atoms with van der Waals surface area (Å²) in [5.41, 5.74) is 7.18. The largest absolute Gasteiger partial charge is 0.376 e. The topological polar surface area (TPSA) is 84.6 Å². The predicted octanol–water partition coefficient (Wildman–Crippen LogP) is 3.92. The van der Waals surface area contributed by atoms with E-state index in [2.05, 4.69) is 19.2 Å². The van der Waals surface area contributed by atoms with Gasteiger partial charge in [0.2, 0.25) is 0 Å². The molecule has 2 fully saturated rings. The highest BCUT2D eigenvalue weighted by atomic mass is 35.5. The van der Waals surface area contributed by atoms with Crippen LogP contribution in [0, 0.1) is 11.8 Å². The van der Waals surface area contributed by atoms with Crippen molar-refractivity contribution in [1.29, 1.82) is 0 Å².